The number of phosphoric ester groups is 1. The molecule has 0 fully saturated rings. The molecule has 0 saturated carbocycles. The Morgan fingerprint density at radius 2 is 0.830 bits per heavy atom. The van der Waals surface area contributed by atoms with E-state index in [1.54, 1.807) is 0 Å². The predicted octanol–water partition coefficient (Wildman–Crippen LogP) is 11.1. The number of phosphoric acid groups is 1. The highest BCUT2D eigenvalue weighted by Crippen LogP contribution is 2.43. The van der Waals surface area contributed by atoms with Crippen LogP contribution in [0.15, 0.2) is 0 Å². The van der Waals surface area contributed by atoms with Gasteiger partial charge in [0.15, 0.2) is 6.10 Å². The van der Waals surface area contributed by atoms with Gasteiger partial charge >= 0.3 is 25.7 Å². The Hall–Kier alpha value is -1.52. The van der Waals surface area contributed by atoms with Gasteiger partial charge in [0.1, 0.15) is 12.6 Å². The van der Waals surface area contributed by atoms with Gasteiger partial charge in [-0.15, -0.1) is 0 Å². The van der Waals surface area contributed by atoms with Crippen molar-refractivity contribution in [2.75, 3.05) is 19.8 Å². The maximum absolute atomic E-state index is 12.5. The summed E-state index contributed by atoms with van der Waals surface area (Å²) in [5, 5.41) is 8.87. The lowest BCUT2D eigenvalue weighted by Crippen LogP contribution is -2.34. The first-order valence-corrected chi connectivity index (χ1v) is 23.1. The van der Waals surface area contributed by atoms with Crippen LogP contribution in [0.3, 0.4) is 0 Å². The van der Waals surface area contributed by atoms with Crippen molar-refractivity contribution in [1.29, 1.82) is 0 Å². The minimum atomic E-state index is -4.70. The molecule has 314 valence electrons. The Kier molecular flexibility index (Phi) is 36.3. The fraction of sp³-hybridized carbons (Fsp3) is 0.927. The second kappa shape index (κ2) is 37.4. The zero-order valence-corrected chi connectivity index (χ0v) is 34.8. The van der Waals surface area contributed by atoms with Crippen molar-refractivity contribution in [1.82, 2.24) is 0 Å². The smallest absolute Gasteiger partial charge is 0.472 e. The molecule has 4 N–H and O–H groups in total. The summed E-state index contributed by atoms with van der Waals surface area (Å²) in [5.74, 6) is -2.36. The molecule has 0 rings (SSSR count). The number of ether oxygens (including phenoxy) is 2. The van der Waals surface area contributed by atoms with Gasteiger partial charge in [0.25, 0.3) is 0 Å². The van der Waals surface area contributed by atoms with Crippen LogP contribution in [0.4, 0.5) is 0 Å². The summed E-state index contributed by atoms with van der Waals surface area (Å²) in [6.07, 6.45) is 34.6. The summed E-state index contributed by atoms with van der Waals surface area (Å²) >= 11 is 0. The van der Waals surface area contributed by atoms with E-state index in [0.29, 0.717) is 12.8 Å². The van der Waals surface area contributed by atoms with Crippen LogP contribution in [0, 0.1) is 0 Å². The molecular weight excluding hydrogens is 697 g/mol. The highest BCUT2D eigenvalue weighted by Gasteiger charge is 2.28. The van der Waals surface area contributed by atoms with Crippen molar-refractivity contribution in [3.8, 4) is 0 Å². The molecular formula is C41H80NO10P. The number of hydrogen-bond acceptors (Lipinski definition) is 9. The van der Waals surface area contributed by atoms with E-state index < -0.39 is 51.1 Å². The molecule has 0 aromatic heterocycles. The fourth-order valence-electron chi connectivity index (χ4n) is 6.18. The first-order valence-electron chi connectivity index (χ1n) is 21.6. The lowest BCUT2D eigenvalue weighted by atomic mass is 10.0. The Bertz CT molecular complexity index is 921. The summed E-state index contributed by atoms with van der Waals surface area (Å²) in [4.78, 5) is 45.8. The van der Waals surface area contributed by atoms with Gasteiger partial charge in [0, 0.05) is 12.8 Å². The zero-order chi connectivity index (χ0) is 39.3. The molecule has 0 saturated heterocycles. The summed E-state index contributed by atoms with van der Waals surface area (Å²) in [7, 11) is -4.70. The van der Waals surface area contributed by atoms with E-state index in [1.165, 1.54) is 135 Å². The van der Waals surface area contributed by atoms with Gasteiger partial charge in [0.05, 0.1) is 13.2 Å². The Labute approximate surface area is 323 Å². The van der Waals surface area contributed by atoms with Crippen molar-refractivity contribution >= 4 is 25.7 Å². The first-order chi connectivity index (χ1) is 25.6. The highest BCUT2D eigenvalue weighted by molar-refractivity contribution is 7.47. The fourth-order valence-corrected chi connectivity index (χ4v) is 6.96. The van der Waals surface area contributed by atoms with Crippen LogP contribution in [0.5, 0.6) is 0 Å². The molecule has 1 unspecified atom stereocenters. The maximum Gasteiger partial charge on any atom is 0.472 e. The molecule has 0 aliphatic carbocycles. The molecule has 0 bridgehead atoms. The van der Waals surface area contributed by atoms with Crippen LogP contribution in [0.2, 0.25) is 0 Å². The van der Waals surface area contributed by atoms with E-state index in [-0.39, 0.29) is 19.4 Å². The van der Waals surface area contributed by atoms with E-state index in [4.69, 9.17) is 24.8 Å². The number of carbonyl (C=O) groups excluding carboxylic acids is 2. The standard InChI is InChI=1S/C41H80NO10P/c1-3-5-7-9-11-13-15-16-17-18-19-20-21-22-23-25-26-28-30-32-39(43)49-34-37(35-50-53(47,48)51-36-38(42)41(45)46)52-40(44)33-31-29-27-24-14-12-10-8-6-4-2/h37-38H,3-36,42H2,1-2H3,(H,45,46)(H,47,48)/t37-,38+/m0/s1. The average molecular weight is 778 g/mol. The van der Waals surface area contributed by atoms with Crippen molar-refractivity contribution < 1.29 is 47.5 Å². The third-order valence-electron chi connectivity index (χ3n) is 9.61. The van der Waals surface area contributed by atoms with Gasteiger partial charge in [-0.1, -0.05) is 187 Å². The van der Waals surface area contributed by atoms with Crippen LogP contribution in [0.1, 0.15) is 213 Å². The SMILES string of the molecule is CCCCCCCCCCCCCCCCCCCCCC(=O)OC[C@@H](COP(=O)(O)OC[C@@H](N)C(=O)O)OC(=O)CCCCCCCCCCCC. The quantitative estimate of drug-likeness (QED) is 0.0306. The summed E-state index contributed by atoms with van der Waals surface area (Å²) in [6.45, 7) is 2.81. The average Bonchev–Trinajstić information content (AvgIpc) is 3.13. The zero-order valence-electron chi connectivity index (χ0n) is 33.9. The van der Waals surface area contributed by atoms with Crippen LogP contribution < -0.4 is 5.73 Å². The Morgan fingerprint density at radius 1 is 0.509 bits per heavy atom. The highest BCUT2D eigenvalue weighted by atomic mass is 31.2. The summed E-state index contributed by atoms with van der Waals surface area (Å²) < 4.78 is 32.6. The lowest BCUT2D eigenvalue weighted by molar-refractivity contribution is -0.161. The van der Waals surface area contributed by atoms with Gasteiger partial charge in [-0.3, -0.25) is 23.4 Å². The van der Waals surface area contributed by atoms with Crippen molar-refractivity contribution in [2.24, 2.45) is 5.73 Å². The number of hydrogen-bond donors (Lipinski definition) is 3. The van der Waals surface area contributed by atoms with Gasteiger partial charge in [-0.25, -0.2) is 4.57 Å². The molecule has 53 heavy (non-hydrogen) atoms. The Morgan fingerprint density at radius 3 is 1.19 bits per heavy atom. The molecule has 11 nitrogen and oxygen atoms in total. The van der Waals surface area contributed by atoms with E-state index in [9.17, 15) is 23.8 Å². The lowest BCUT2D eigenvalue weighted by Gasteiger charge is -2.20. The van der Waals surface area contributed by atoms with E-state index in [2.05, 4.69) is 18.4 Å². The number of carboxylic acid groups (broad SMARTS) is 1. The van der Waals surface area contributed by atoms with Crippen molar-refractivity contribution in [3.63, 3.8) is 0 Å². The van der Waals surface area contributed by atoms with Crippen molar-refractivity contribution in [3.05, 3.63) is 0 Å². The van der Waals surface area contributed by atoms with Gasteiger partial charge in [0.2, 0.25) is 0 Å². The number of unbranched alkanes of at least 4 members (excludes halogenated alkanes) is 27. The number of rotatable bonds is 41. The van der Waals surface area contributed by atoms with E-state index >= 15 is 0 Å². The minimum absolute atomic E-state index is 0.168. The third kappa shape index (κ3) is 37.2. The molecule has 0 aromatic rings. The monoisotopic (exact) mass is 778 g/mol. The van der Waals surface area contributed by atoms with Crippen LogP contribution >= 0.6 is 7.82 Å². The second-order valence-electron chi connectivity index (χ2n) is 14.8. The number of esters is 2. The van der Waals surface area contributed by atoms with Crippen LogP contribution in [-0.2, 0) is 37.5 Å². The van der Waals surface area contributed by atoms with Crippen LogP contribution in [0.25, 0.3) is 0 Å². The summed E-state index contributed by atoms with van der Waals surface area (Å²) in [5.41, 5.74) is 5.32. The van der Waals surface area contributed by atoms with Crippen LogP contribution in [-0.4, -0.2) is 59.9 Å². The van der Waals surface area contributed by atoms with E-state index in [0.717, 1.165) is 38.5 Å². The maximum atomic E-state index is 12.5. The molecule has 3 atom stereocenters. The number of aliphatic carboxylic acids is 1. The van der Waals surface area contributed by atoms with E-state index in [1.807, 2.05) is 0 Å². The predicted molar refractivity (Wildman–Crippen MR) is 213 cm³/mol. The number of carbonyl (C=O) groups is 3. The molecule has 0 spiro atoms. The van der Waals surface area contributed by atoms with Gasteiger partial charge in [-0.05, 0) is 12.8 Å². The molecule has 0 aliphatic rings. The molecule has 12 heteroatoms. The van der Waals surface area contributed by atoms with Gasteiger partial charge in [-0.2, -0.15) is 0 Å². The molecule has 0 aromatic carbocycles. The topological polar surface area (TPSA) is 172 Å². The number of nitrogens with two attached hydrogens (primary N) is 1. The second-order valence-corrected chi connectivity index (χ2v) is 16.3. The largest absolute Gasteiger partial charge is 0.480 e. The molecule has 0 aliphatic heterocycles. The van der Waals surface area contributed by atoms with Gasteiger partial charge < -0.3 is 25.2 Å². The first kappa shape index (κ1) is 51.5. The number of carboxylic acids is 1. The Balaban J connectivity index is 4.23. The molecule has 0 heterocycles. The summed E-state index contributed by atoms with van der Waals surface area (Å²) in [6, 6.07) is -1.52. The molecule has 0 radical (unpaired) electrons. The van der Waals surface area contributed by atoms with Crippen molar-refractivity contribution in [2.45, 2.75) is 225 Å². The third-order valence-corrected chi connectivity index (χ3v) is 10.6. The molecule has 0 amide bonds. The normalized spacial score (nSPS) is 13.7. The minimum Gasteiger partial charge on any atom is -0.480 e.